The molecule has 1 amide bonds. The molecule has 2 aromatic rings. The van der Waals surface area contributed by atoms with Gasteiger partial charge < -0.3 is 15.4 Å². The van der Waals surface area contributed by atoms with Crippen molar-refractivity contribution in [1.82, 2.24) is 10.3 Å². The Morgan fingerprint density at radius 2 is 1.96 bits per heavy atom. The van der Waals surface area contributed by atoms with Crippen LogP contribution in [0.4, 0.5) is 0 Å². The predicted molar refractivity (Wildman–Crippen MR) is 93.1 cm³/mol. The Balaban J connectivity index is 1.64. The smallest absolute Gasteiger partial charge is 0.335 e. The highest BCUT2D eigenvalue weighted by Crippen LogP contribution is 2.18. The van der Waals surface area contributed by atoms with Crippen LogP contribution in [0.25, 0.3) is 0 Å². The molecule has 0 saturated heterocycles. The van der Waals surface area contributed by atoms with Gasteiger partial charge in [0.15, 0.2) is 0 Å². The Morgan fingerprint density at radius 3 is 2.76 bits per heavy atom. The number of aromatic amines is 1. The van der Waals surface area contributed by atoms with E-state index >= 15 is 0 Å². The Bertz CT molecular complexity index is 870. The van der Waals surface area contributed by atoms with Crippen molar-refractivity contribution in [2.24, 2.45) is 0 Å². The van der Waals surface area contributed by atoms with Crippen molar-refractivity contribution < 1.29 is 14.7 Å². The summed E-state index contributed by atoms with van der Waals surface area (Å²) in [6.07, 6.45) is 4.36. The minimum atomic E-state index is -0.980. The number of pyridine rings is 1. The van der Waals surface area contributed by atoms with Crippen LogP contribution < -0.4 is 10.9 Å². The van der Waals surface area contributed by atoms with Gasteiger partial charge in [0.25, 0.3) is 11.5 Å². The number of hydrogen-bond donors (Lipinski definition) is 3. The zero-order chi connectivity index (χ0) is 17.8. The van der Waals surface area contributed by atoms with Crippen molar-refractivity contribution in [1.29, 1.82) is 0 Å². The number of H-pyrrole nitrogens is 1. The van der Waals surface area contributed by atoms with Crippen molar-refractivity contribution in [3.8, 4) is 0 Å². The molecule has 0 aliphatic heterocycles. The van der Waals surface area contributed by atoms with Crippen molar-refractivity contribution in [2.45, 2.75) is 32.1 Å². The first kappa shape index (κ1) is 17.0. The number of nitrogens with one attached hydrogen (secondary N) is 2. The summed E-state index contributed by atoms with van der Waals surface area (Å²) in [4.78, 5) is 38.2. The number of carbonyl (C=O) groups is 2. The molecule has 1 aliphatic rings. The molecule has 0 saturated carbocycles. The lowest BCUT2D eigenvalue weighted by molar-refractivity contribution is 0.0696. The summed E-state index contributed by atoms with van der Waals surface area (Å²) in [5.74, 6) is -1.38. The van der Waals surface area contributed by atoms with Gasteiger partial charge in [0.05, 0.1) is 5.56 Å². The van der Waals surface area contributed by atoms with Crippen LogP contribution in [0.1, 0.15) is 50.4 Å². The van der Waals surface area contributed by atoms with Gasteiger partial charge in [-0.15, -0.1) is 0 Å². The standard InChI is InChI=1S/C19H20N2O4/c22-17(15-11-13-5-1-2-7-16(13)21-18(15)23)20-9-8-12-4-3-6-14(10-12)19(24)25/h3-4,6,10-11H,1-2,5,7-9H2,(H,20,22)(H,21,23)(H,24,25). The minimum absolute atomic E-state index is 0.139. The molecule has 25 heavy (non-hydrogen) atoms. The topological polar surface area (TPSA) is 99.3 Å². The molecule has 0 spiro atoms. The zero-order valence-corrected chi connectivity index (χ0v) is 13.8. The second kappa shape index (κ2) is 7.34. The quantitative estimate of drug-likeness (QED) is 0.774. The van der Waals surface area contributed by atoms with Crippen LogP contribution in [-0.4, -0.2) is 28.5 Å². The first-order valence-corrected chi connectivity index (χ1v) is 8.40. The summed E-state index contributed by atoms with van der Waals surface area (Å²) < 4.78 is 0. The molecule has 6 nitrogen and oxygen atoms in total. The largest absolute Gasteiger partial charge is 0.478 e. The lowest BCUT2D eigenvalue weighted by Crippen LogP contribution is -2.32. The third-order valence-corrected chi connectivity index (χ3v) is 4.46. The van der Waals surface area contributed by atoms with Gasteiger partial charge in [0, 0.05) is 12.2 Å². The maximum absolute atomic E-state index is 12.3. The summed E-state index contributed by atoms with van der Waals surface area (Å²) in [6, 6.07) is 8.30. The van der Waals surface area contributed by atoms with E-state index in [-0.39, 0.29) is 16.7 Å². The number of amides is 1. The summed E-state index contributed by atoms with van der Waals surface area (Å²) in [7, 11) is 0. The highest BCUT2D eigenvalue weighted by Gasteiger charge is 2.16. The summed E-state index contributed by atoms with van der Waals surface area (Å²) in [5.41, 5.74) is 2.81. The highest BCUT2D eigenvalue weighted by molar-refractivity contribution is 5.94. The number of rotatable bonds is 5. The van der Waals surface area contributed by atoms with E-state index in [1.807, 2.05) is 6.07 Å². The van der Waals surface area contributed by atoms with Crippen LogP contribution in [0, 0.1) is 0 Å². The van der Waals surface area contributed by atoms with E-state index in [1.54, 1.807) is 18.2 Å². The summed E-state index contributed by atoms with van der Waals surface area (Å²) in [6.45, 7) is 0.332. The summed E-state index contributed by atoms with van der Waals surface area (Å²) >= 11 is 0. The Labute approximate surface area is 144 Å². The third kappa shape index (κ3) is 3.96. The molecule has 0 radical (unpaired) electrons. The maximum atomic E-state index is 12.3. The number of fused-ring (bicyclic) bond motifs is 1. The van der Waals surface area contributed by atoms with Gasteiger partial charge in [0.1, 0.15) is 5.56 Å². The monoisotopic (exact) mass is 340 g/mol. The van der Waals surface area contributed by atoms with Gasteiger partial charge in [-0.05, 0) is 61.4 Å². The minimum Gasteiger partial charge on any atom is -0.478 e. The third-order valence-electron chi connectivity index (χ3n) is 4.46. The Hall–Kier alpha value is -2.89. The Morgan fingerprint density at radius 1 is 1.16 bits per heavy atom. The van der Waals surface area contributed by atoms with Gasteiger partial charge in [-0.25, -0.2) is 4.79 Å². The molecule has 0 atom stereocenters. The normalized spacial score (nSPS) is 13.1. The average Bonchev–Trinajstić information content (AvgIpc) is 2.61. The van der Waals surface area contributed by atoms with E-state index in [2.05, 4.69) is 10.3 Å². The molecule has 3 rings (SSSR count). The number of aromatic carboxylic acids is 1. The predicted octanol–water partition coefficient (Wildman–Crippen LogP) is 1.92. The second-order valence-electron chi connectivity index (χ2n) is 6.23. The molecule has 0 fully saturated rings. The fourth-order valence-electron chi connectivity index (χ4n) is 3.12. The fourth-order valence-corrected chi connectivity index (χ4v) is 3.12. The van der Waals surface area contributed by atoms with Gasteiger partial charge in [-0.2, -0.15) is 0 Å². The van der Waals surface area contributed by atoms with Crippen molar-refractivity contribution in [3.63, 3.8) is 0 Å². The van der Waals surface area contributed by atoms with Crippen molar-refractivity contribution >= 4 is 11.9 Å². The fraction of sp³-hybridized carbons (Fsp3) is 0.316. The first-order valence-electron chi connectivity index (χ1n) is 8.40. The second-order valence-corrected chi connectivity index (χ2v) is 6.23. The molecular formula is C19H20N2O4. The molecule has 0 bridgehead atoms. The Kier molecular flexibility index (Phi) is 4.97. The molecule has 1 aliphatic carbocycles. The molecule has 1 aromatic heterocycles. The van der Waals surface area contributed by atoms with Crippen LogP contribution >= 0.6 is 0 Å². The number of carbonyl (C=O) groups excluding carboxylic acids is 1. The number of carboxylic acids is 1. The van der Waals surface area contributed by atoms with Gasteiger partial charge in [-0.1, -0.05) is 12.1 Å². The number of benzene rings is 1. The molecule has 0 unspecified atom stereocenters. The zero-order valence-electron chi connectivity index (χ0n) is 13.8. The number of carboxylic acid groups (broad SMARTS) is 1. The van der Waals surface area contributed by atoms with Crippen LogP contribution in [0.2, 0.25) is 0 Å². The number of aryl methyl sites for hydroxylation is 2. The van der Waals surface area contributed by atoms with E-state index in [9.17, 15) is 14.4 Å². The molecule has 6 heteroatoms. The van der Waals surface area contributed by atoms with E-state index in [0.717, 1.165) is 42.5 Å². The van der Waals surface area contributed by atoms with Gasteiger partial charge >= 0.3 is 5.97 Å². The SMILES string of the molecule is O=C(O)c1cccc(CCNC(=O)c2cc3c([nH]c2=O)CCCC3)c1. The average molecular weight is 340 g/mol. The van der Waals surface area contributed by atoms with Crippen LogP contribution in [-0.2, 0) is 19.3 Å². The van der Waals surface area contributed by atoms with Crippen molar-refractivity contribution in [3.05, 3.63) is 68.6 Å². The molecule has 1 heterocycles. The summed E-state index contributed by atoms with van der Waals surface area (Å²) in [5, 5.41) is 11.7. The van der Waals surface area contributed by atoms with Gasteiger partial charge in [0.2, 0.25) is 0 Å². The van der Waals surface area contributed by atoms with Crippen molar-refractivity contribution in [2.75, 3.05) is 6.54 Å². The van der Waals surface area contributed by atoms with E-state index in [0.29, 0.717) is 13.0 Å². The van der Waals surface area contributed by atoms with Crippen LogP contribution in [0.3, 0.4) is 0 Å². The lowest BCUT2D eigenvalue weighted by atomic mass is 9.95. The first-order chi connectivity index (χ1) is 12.0. The number of hydrogen-bond acceptors (Lipinski definition) is 3. The van der Waals surface area contributed by atoms with Gasteiger partial charge in [-0.3, -0.25) is 9.59 Å². The van der Waals surface area contributed by atoms with E-state index in [1.165, 1.54) is 6.07 Å². The van der Waals surface area contributed by atoms with Crippen LogP contribution in [0.5, 0.6) is 0 Å². The van der Waals surface area contributed by atoms with Crippen LogP contribution in [0.15, 0.2) is 35.1 Å². The number of aromatic nitrogens is 1. The molecule has 1 aromatic carbocycles. The lowest BCUT2D eigenvalue weighted by Gasteiger charge is -2.16. The van der Waals surface area contributed by atoms with E-state index < -0.39 is 11.9 Å². The maximum Gasteiger partial charge on any atom is 0.335 e. The molecule has 3 N–H and O–H groups in total. The van der Waals surface area contributed by atoms with E-state index in [4.69, 9.17) is 5.11 Å². The molecule has 130 valence electrons. The molecular weight excluding hydrogens is 320 g/mol. The highest BCUT2D eigenvalue weighted by atomic mass is 16.4.